The molecule has 0 saturated carbocycles. The summed E-state index contributed by atoms with van der Waals surface area (Å²) in [6.07, 6.45) is 28.5. The number of hydrogen-bond donors (Lipinski definition) is 3. The zero-order chi connectivity index (χ0) is 33.3. The summed E-state index contributed by atoms with van der Waals surface area (Å²) in [7, 11) is 0. The Bertz CT molecular complexity index is 652. The van der Waals surface area contributed by atoms with Gasteiger partial charge in [0.15, 0.2) is 0 Å². The minimum absolute atomic E-state index is 0. The number of carboxylic acid groups (broad SMARTS) is 3. The van der Waals surface area contributed by atoms with Crippen LogP contribution >= 0.6 is 0 Å². The third kappa shape index (κ3) is 38.7. The van der Waals surface area contributed by atoms with Crippen LogP contribution in [0, 0.1) is 0 Å². The van der Waals surface area contributed by atoms with Gasteiger partial charge in [-0.1, -0.05) is 136 Å². The normalized spacial score (nSPS) is 11.9. The fourth-order valence-electron chi connectivity index (χ4n) is 5.36. The molecular formula is C35H69N3Na2O6. The second-order valence-electron chi connectivity index (χ2n) is 12.4. The first-order chi connectivity index (χ1) is 21.2. The standard InChI is InChI=1S/C30H62N2O2.C5H9NO4.2Na/c1-3-5-7-9-11-13-15-17-19-23-27-32(29(30(33)34)25-21-22-26-31)28-24-20-18-16-14-12-10-8-6-4-2;6-3(5(9)10)1-2-4(7)8;;/h29H,3-28,31H2,1-2H3,(H,33,34);3H,1-2,6H2,(H,7,8)(H,9,10);;/q;;2*+1/p-2. The Labute approximate surface area is 326 Å². The Morgan fingerprint density at radius 1 is 0.609 bits per heavy atom. The van der Waals surface area contributed by atoms with Crippen molar-refractivity contribution < 1.29 is 88.8 Å². The monoisotopic (exact) mass is 673 g/mol. The SMILES string of the molecule is CCCCCCCCCCCCN(CCCCCCCCCCCC)C(CCCCN)C(=O)O.NC(CCC(=O)[O-])C(=O)[O-].[Na+].[Na+]. The van der Waals surface area contributed by atoms with Crippen LogP contribution in [0.4, 0.5) is 0 Å². The van der Waals surface area contributed by atoms with Crippen molar-refractivity contribution in [3.63, 3.8) is 0 Å². The second-order valence-corrected chi connectivity index (χ2v) is 12.4. The van der Waals surface area contributed by atoms with Crippen LogP contribution in [0.2, 0.25) is 0 Å². The largest absolute Gasteiger partial charge is 1.00 e. The summed E-state index contributed by atoms with van der Waals surface area (Å²) >= 11 is 0. The van der Waals surface area contributed by atoms with E-state index in [0.717, 1.165) is 45.2 Å². The van der Waals surface area contributed by atoms with Gasteiger partial charge in [0, 0.05) is 12.0 Å². The molecule has 2 atom stereocenters. The number of carbonyl (C=O) groups is 3. The van der Waals surface area contributed by atoms with Crippen molar-refractivity contribution in [2.45, 2.75) is 186 Å². The molecule has 9 nitrogen and oxygen atoms in total. The summed E-state index contributed by atoms with van der Waals surface area (Å²) in [5.74, 6) is -3.39. The zero-order valence-corrected chi connectivity index (χ0v) is 34.5. The molecule has 0 aliphatic carbocycles. The molecule has 5 N–H and O–H groups in total. The number of hydrogen-bond acceptors (Lipinski definition) is 8. The van der Waals surface area contributed by atoms with E-state index >= 15 is 0 Å². The molecule has 11 heteroatoms. The van der Waals surface area contributed by atoms with E-state index in [1.807, 2.05) is 0 Å². The molecule has 0 spiro atoms. The summed E-state index contributed by atoms with van der Waals surface area (Å²) in [6, 6.07) is -1.54. The molecule has 0 aromatic heterocycles. The summed E-state index contributed by atoms with van der Waals surface area (Å²) in [4.78, 5) is 33.9. The van der Waals surface area contributed by atoms with Gasteiger partial charge in [0.2, 0.25) is 0 Å². The molecule has 0 rings (SSSR count). The number of nitrogens with two attached hydrogens (primary N) is 2. The Hall–Kier alpha value is 0.290. The second kappa shape index (κ2) is 41.5. The maximum Gasteiger partial charge on any atom is 1.00 e. The van der Waals surface area contributed by atoms with Crippen molar-refractivity contribution in [1.29, 1.82) is 0 Å². The van der Waals surface area contributed by atoms with Gasteiger partial charge in [0.1, 0.15) is 6.04 Å². The molecule has 0 aliphatic heterocycles. The summed E-state index contributed by atoms with van der Waals surface area (Å²) in [5, 5.41) is 29.5. The van der Waals surface area contributed by atoms with Crippen molar-refractivity contribution in [3.05, 3.63) is 0 Å². The van der Waals surface area contributed by atoms with Crippen molar-refractivity contribution in [1.82, 2.24) is 4.90 Å². The van der Waals surface area contributed by atoms with Crippen molar-refractivity contribution >= 4 is 17.9 Å². The number of rotatable bonds is 32. The maximum atomic E-state index is 12.0. The molecule has 0 amide bonds. The van der Waals surface area contributed by atoms with Crippen LogP contribution in [-0.4, -0.2) is 59.6 Å². The van der Waals surface area contributed by atoms with Crippen LogP contribution in [0.3, 0.4) is 0 Å². The van der Waals surface area contributed by atoms with Gasteiger partial charge in [-0.25, -0.2) is 0 Å². The Kier molecular flexibility index (Phi) is 47.9. The average molecular weight is 674 g/mol. The van der Waals surface area contributed by atoms with Crippen molar-refractivity contribution in [3.8, 4) is 0 Å². The Morgan fingerprint density at radius 2 is 0.978 bits per heavy atom. The Balaban J connectivity index is -0.000000630. The Morgan fingerprint density at radius 3 is 1.28 bits per heavy atom. The van der Waals surface area contributed by atoms with E-state index in [2.05, 4.69) is 18.7 Å². The van der Waals surface area contributed by atoms with E-state index in [1.54, 1.807) is 0 Å². The first-order valence-corrected chi connectivity index (χ1v) is 18.0. The van der Waals surface area contributed by atoms with Gasteiger partial charge in [0.25, 0.3) is 0 Å². The van der Waals surface area contributed by atoms with Crippen LogP contribution in [-0.2, 0) is 14.4 Å². The third-order valence-corrected chi connectivity index (χ3v) is 8.22. The fourth-order valence-corrected chi connectivity index (χ4v) is 5.36. The molecule has 0 aliphatic rings. The van der Waals surface area contributed by atoms with E-state index in [4.69, 9.17) is 11.5 Å². The minimum Gasteiger partial charge on any atom is -0.550 e. The number of carbonyl (C=O) groups excluding carboxylic acids is 2. The van der Waals surface area contributed by atoms with Gasteiger partial charge in [0.05, 0.1) is 5.97 Å². The van der Waals surface area contributed by atoms with Crippen molar-refractivity contribution in [2.24, 2.45) is 11.5 Å². The number of unbranched alkanes of at least 4 members (excludes halogenated alkanes) is 19. The quantitative estimate of drug-likeness (QED) is 0.0618. The van der Waals surface area contributed by atoms with Crippen molar-refractivity contribution in [2.75, 3.05) is 19.6 Å². The van der Waals surface area contributed by atoms with E-state index in [9.17, 15) is 29.7 Å². The molecule has 0 fully saturated rings. The van der Waals surface area contributed by atoms with Crippen LogP contribution in [0.15, 0.2) is 0 Å². The van der Waals surface area contributed by atoms with Gasteiger partial charge in [-0.3, -0.25) is 9.69 Å². The van der Waals surface area contributed by atoms with Crippen LogP contribution < -0.4 is 80.8 Å². The van der Waals surface area contributed by atoms with Crippen LogP contribution in [0.5, 0.6) is 0 Å². The predicted molar refractivity (Wildman–Crippen MR) is 177 cm³/mol. The van der Waals surface area contributed by atoms with Crippen LogP contribution in [0.25, 0.3) is 0 Å². The smallest absolute Gasteiger partial charge is 0.550 e. The first kappa shape index (κ1) is 53.1. The maximum absolute atomic E-state index is 12.0. The molecule has 0 aromatic rings. The van der Waals surface area contributed by atoms with Gasteiger partial charge >= 0.3 is 65.1 Å². The molecule has 0 saturated heterocycles. The molecule has 0 radical (unpaired) electrons. The van der Waals surface area contributed by atoms with E-state index < -0.39 is 23.9 Å². The zero-order valence-electron chi connectivity index (χ0n) is 30.5. The average Bonchev–Trinajstić information content (AvgIpc) is 2.99. The van der Waals surface area contributed by atoms with Gasteiger partial charge in [-0.05, 0) is 58.2 Å². The molecule has 0 bridgehead atoms. The fraction of sp³-hybridized carbons (Fsp3) is 0.914. The third-order valence-electron chi connectivity index (χ3n) is 8.22. The molecule has 2 unspecified atom stereocenters. The van der Waals surface area contributed by atoms with E-state index in [1.165, 1.54) is 116 Å². The minimum atomic E-state index is -1.44. The van der Waals surface area contributed by atoms with E-state index in [-0.39, 0.29) is 78.0 Å². The van der Waals surface area contributed by atoms with E-state index in [0.29, 0.717) is 6.54 Å². The first-order valence-electron chi connectivity index (χ1n) is 18.0. The molecular weight excluding hydrogens is 604 g/mol. The van der Waals surface area contributed by atoms with Crippen LogP contribution in [0.1, 0.15) is 174 Å². The number of nitrogens with zero attached hydrogens (tertiary/aromatic N) is 1. The molecule has 262 valence electrons. The predicted octanol–water partition coefficient (Wildman–Crippen LogP) is -0.686. The summed E-state index contributed by atoms with van der Waals surface area (Å²) in [6.45, 7) is 7.07. The number of carboxylic acids is 3. The molecule has 0 aromatic carbocycles. The van der Waals surface area contributed by atoms with Gasteiger partial charge in [-0.15, -0.1) is 0 Å². The molecule has 0 heterocycles. The summed E-state index contributed by atoms with van der Waals surface area (Å²) in [5.41, 5.74) is 10.6. The van der Waals surface area contributed by atoms with Gasteiger partial charge in [-0.2, -0.15) is 0 Å². The molecule has 46 heavy (non-hydrogen) atoms. The van der Waals surface area contributed by atoms with Gasteiger partial charge < -0.3 is 36.4 Å². The topological polar surface area (TPSA) is 173 Å². The summed E-state index contributed by atoms with van der Waals surface area (Å²) < 4.78 is 0. The number of aliphatic carboxylic acids is 3.